The van der Waals surface area contributed by atoms with Gasteiger partial charge in [-0.05, 0) is 45.9 Å². The Bertz CT molecular complexity index is 554. The molecule has 2 heterocycles. The van der Waals surface area contributed by atoms with Crippen molar-refractivity contribution < 1.29 is 0 Å². The van der Waals surface area contributed by atoms with E-state index in [9.17, 15) is 4.79 Å². The largest absolute Gasteiger partial charge is 0.322 e. The highest BCUT2D eigenvalue weighted by molar-refractivity contribution is 5.32. The van der Waals surface area contributed by atoms with Gasteiger partial charge in [0.25, 0.3) is 5.56 Å². The number of hydrogen-bond donors (Lipinski definition) is 1. The second kappa shape index (κ2) is 5.34. The summed E-state index contributed by atoms with van der Waals surface area (Å²) in [5, 5.41) is 0. The third kappa shape index (κ3) is 2.67. The first-order chi connectivity index (χ1) is 9.25. The van der Waals surface area contributed by atoms with Crippen LogP contribution in [-0.4, -0.2) is 23.1 Å². The molecule has 4 heteroatoms. The van der Waals surface area contributed by atoms with E-state index in [-0.39, 0.29) is 11.6 Å². The summed E-state index contributed by atoms with van der Waals surface area (Å²) in [5.74, 6) is 0. The van der Waals surface area contributed by atoms with Crippen LogP contribution >= 0.6 is 0 Å². The van der Waals surface area contributed by atoms with Crippen LogP contribution in [0.3, 0.4) is 0 Å². The summed E-state index contributed by atoms with van der Waals surface area (Å²) in [7, 11) is 2.12. The number of rotatable bonds is 3. The standard InChI is InChI=1S/C16H27N3O/c1-6-11(2)19-14-7-8-18(5)10-12(14)9-13(15(19)20)16(3,4)17/h9,11H,6-8,10,17H2,1-5H3. The highest BCUT2D eigenvalue weighted by Crippen LogP contribution is 2.24. The number of nitrogens with two attached hydrogens (primary N) is 1. The molecular weight excluding hydrogens is 250 g/mol. The van der Waals surface area contributed by atoms with Crippen LogP contribution < -0.4 is 11.3 Å². The van der Waals surface area contributed by atoms with E-state index in [1.165, 1.54) is 11.3 Å². The normalized spacial score (nSPS) is 17.9. The summed E-state index contributed by atoms with van der Waals surface area (Å²) in [5.41, 5.74) is 8.89. The molecule has 1 aromatic rings. The average molecular weight is 277 g/mol. The fourth-order valence-electron chi connectivity index (χ4n) is 2.92. The molecule has 0 saturated carbocycles. The highest BCUT2D eigenvalue weighted by Gasteiger charge is 2.26. The van der Waals surface area contributed by atoms with Crippen molar-refractivity contribution in [1.82, 2.24) is 9.47 Å². The van der Waals surface area contributed by atoms with Crippen LogP contribution in [0.2, 0.25) is 0 Å². The predicted octanol–water partition coefficient (Wildman–Crippen LogP) is 2.00. The van der Waals surface area contributed by atoms with Crippen LogP contribution in [0.1, 0.15) is 57.0 Å². The maximum atomic E-state index is 12.8. The van der Waals surface area contributed by atoms with E-state index in [0.29, 0.717) is 0 Å². The van der Waals surface area contributed by atoms with E-state index in [1.54, 1.807) is 0 Å². The van der Waals surface area contributed by atoms with Crippen LogP contribution in [0, 0.1) is 0 Å². The molecule has 1 aliphatic heterocycles. The molecule has 4 nitrogen and oxygen atoms in total. The van der Waals surface area contributed by atoms with Gasteiger partial charge in [0.05, 0.1) is 0 Å². The van der Waals surface area contributed by atoms with E-state index in [0.717, 1.165) is 31.5 Å². The molecule has 1 atom stereocenters. The van der Waals surface area contributed by atoms with Crippen LogP contribution in [-0.2, 0) is 18.5 Å². The Balaban J connectivity index is 2.71. The monoisotopic (exact) mass is 277 g/mol. The lowest BCUT2D eigenvalue weighted by Crippen LogP contribution is -2.42. The van der Waals surface area contributed by atoms with Gasteiger partial charge in [0.15, 0.2) is 0 Å². The maximum Gasteiger partial charge on any atom is 0.256 e. The Morgan fingerprint density at radius 1 is 1.45 bits per heavy atom. The summed E-state index contributed by atoms with van der Waals surface area (Å²) >= 11 is 0. The maximum absolute atomic E-state index is 12.8. The smallest absolute Gasteiger partial charge is 0.256 e. The molecule has 2 N–H and O–H groups in total. The van der Waals surface area contributed by atoms with Gasteiger partial charge in [-0.3, -0.25) is 4.79 Å². The van der Waals surface area contributed by atoms with Crippen LogP contribution in [0.25, 0.3) is 0 Å². The third-order valence-electron chi connectivity index (χ3n) is 4.33. The third-order valence-corrected chi connectivity index (χ3v) is 4.33. The van der Waals surface area contributed by atoms with Gasteiger partial charge in [0.2, 0.25) is 0 Å². The van der Waals surface area contributed by atoms with Gasteiger partial charge in [-0.15, -0.1) is 0 Å². The molecule has 1 aromatic heterocycles. The molecule has 20 heavy (non-hydrogen) atoms. The SMILES string of the molecule is CCC(C)n1c2c(cc(C(C)(C)N)c1=O)CN(C)CC2. The van der Waals surface area contributed by atoms with E-state index in [1.807, 2.05) is 24.5 Å². The number of hydrogen-bond acceptors (Lipinski definition) is 3. The zero-order valence-electron chi connectivity index (χ0n) is 13.4. The fraction of sp³-hybridized carbons (Fsp3) is 0.688. The van der Waals surface area contributed by atoms with E-state index >= 15 is 0 Å². The second-order valence-electron chi connectivity index (χ2n) is 6.67. The molecule has 1 aliphatic rings. The quantitative estimate of drug-likeness (QED) is 0.919. The molecule has 1 unspecified atom stereocenters. The number of aromatic nitrogens is 1. The molecule has 0 bridgehead atoms. The van der Waals surface area contributed by atoms with Crippen molar-refractivity contribution in [1.29, 1.82) is 0 Å². The summed E-state index contributed by atoms with van der Waals surface area (Å²) in [6.45, 7) is 9.96. The van der Waals surface area contributed by atoms with Crippen molar-refractivity contribution in [3.63, 3.8) is 0 Å². The first kappa shape index (κ1) is 15.3. The minimum Gasteiger partial charge on any atom is -0.322 e. The number of fused-ring (bicyclic) bond motifs is 1. The minimum atomic E-state index is -0.600. The van der Waals surface area contributed by atoms with Crippen molar-refractivity contribution in [2.75, 3.05) is 13.6 Å². The first-order valence-corrected chi connectivity index (χ1v) is 7.51. The Morgan fingerprint density at radius 2 is 2.10 bits per heavy atom. The van der Waals surface area contributed by atoms with Crippen molar-refractivity contribution in [3.8, 4) is 0 Å². The zero-order chi connectivity index (χ0) is 15.1. The topological polar surface area (TPSA) is 51.3 Å². The van der Waals surface area contributed by atoms with Gasteiger partial charge >= 0.3 is 0 Å². The first-order valence-electron chi connectivity index (χ1n) is 7.51. The van der Waals surface area contributed by atoms with Crippen LogP contribution in [0.5, 0.6) is 0 Å². The van der Waals surface area contributed by atoms with Crippen molar-refractivity contribution in [3.05, 3.63) is 33.2 Å². The molecule has 0 saturated heterocycles. The van der Waals surface area contributed by atoms with Gasteiger partial charge < -0.3 is 15.2 Å². The molecule has 0 fully saturated rings. The van der Waals surface area contributed by atoms with Crippen molar-refractivity contribution in [2.24, 2.45) is 5.73 Å². The lowest BCUT2D eigenvalue weighted by atomic mass is 9.92. The summed E-state index contributed by atoms with van der Waals surface area (Å²) < 4.78 is 1.99. The number of likely N-dealkylation sites (N-methyl/N-ethyl adjacent to an activating group) is 1. The summed E-state index contributed by atoms with van der Waals surface area (Å²) in [6, 6.07) is 2.26. The lowest BCUT2D eigenvalue weighted by molar-refractivity contribution is 0.298. The minimum absolute atomic E-state index is 0.0927. The van der Waals surface area contributed by atoms with Crippen LogP contribution in [0.4, 0.5) is 0 Å². The Morgan fingerprint density at radius 3 is 2.65 bits per heavy atom. The number of pyridine rings is 1. The molecule has 0 radical (unpaired) electrons. The van der Waals surface area contributed by atoms with E-state index in [4.69, 9.17) is 5.73 Å². The van der Waals surface area contributed by atoms with Gasteiger partial charge in [-0.1, -0.05) is 6.92 Å². The van der Waals surface area contributed by atoms with Gasteiger partial charge in [-0.25, -0.2) is 0 Å². The summed E-state index contributed by atoms with van der Waals surface area (Å²) in [4.78, 5) is 15.1. The molecule has 0 aromatic carbocycles. The highest BCUT2D eigenvalue weighted by atomic mass is 16.1. The molecule has 0 spiro atoms. The molecule has 0 aliphatic carbocycles. The summed E-state index contributed by atoms with van der Waals surface area (Å²) in [6.07, 6.45) is 1.90. The van der Waals surface area contributed by atoms with E-state index < -0.39 is 5.54 Å². The fourth-order valence-corrected chi connectivity index (χ4v) is 2.92. The Hall–Kier alpha value is -1.13. The van der Waals surface area contributed by atoms with Gasteiger partial charge in [-0.2, -0.15) is 0 Å². The Labute approximate surface area is 121 Å². The number of nitrogens with zero attached hydrogens (tertiary/aromatic N) is 2. The molecule has 2 rings (SSSR count). The van der Waals surface area contributed by atoms with Gasteiger partial charge in [0, 0.05) is 42.3 Å². The van der Waals surface area contributed by atoms with Gasteiger partial charge in [0.1, 0.15) is 0 Å². The molecule has 112 valence electrons. The Kier molecular flexibility index (Phi) is 4.07. The predicted molar refractivity (Wildman–Crippen MR) is 83.0 cm³/mol. The molecule has 0 amide bonds. The average Bonchev–Trinajstić information content (AvgIpc) is 2.36. The van der Waals surface area contributed by atoms with Crippen molar-refractivity contribution in [2.45, 2.75) is 58.7 Å². The lowest BCUT2D eigenvalue weighted by Gasteiger charge is -2.32. The molecular formula is C16H27N3O. The second-order valence-corrected chi connectivity index (χ2v) is 6.67. The van der Waals surface area contributed by atoms with Crippen molar-refractivity contribution >= 4 is 0 Å². The van der Waals surface area contributed by atoms with Crippen LogP contribution in [0.15, 0.2) is 10.9 Å². The zero-order valence-corrected chi connectivity index (χ0v) is 13.4. The van der Waals surface area contributed by atoms with E-state index in [2.05, 4.69) is 25.8 Å².